The van der Waals surface area contributed by atoms with Crippen LogP contribution >= 0.6 is 27.5 Å². The minimum absolute atomic E-state index is 0.0487. The molecule has 5 nitrogen and oxygen atoms in total. The molecule has 19 heavy (non-hydrogen) atoms. The molecule has 0 aliphatic heterocycles. The Balaban J connectivity index is 2.29. The molecule has 0 fully saturated rings. The van der Waals surface area contributed by atoms with Gasteiger partial charge in [-0.25, -0.2) is 0 Å². The molecule has 0 aromatic heterocycles. The van der Waals surface area contributed by atoms with Crippen LogP contribution in [0.2, 0.25) is 5.02 Å². The molecule has 0 heterocycles. The van der Waals surface area contributed by atoms with Crippen molar-refractivity contribution in [2.24, 2.45) is 0 Å². The van der Waals surface area contributed by atoms with Gasteiger partial charge >= 0.3 is 0 Å². The van der Waals surface area contributed by atoms with Crippen LogP contribution in [0.25, 0.3) is 0 Å². The standard InChI is InChI=1S/C12H8BrClN2O3/c13-9-5-7(14)1-4-12(9)19-8-2-3-11(16(17)18)10(15)6-8/h1-6H,15H2. The van der Waals surface area contributed by atoms with Gasteiger partial charge in [-0.1, -0.05) is 11.6 Å². The largest absolute Gasteiger partial charge is 0.456 e. The molecule has 98 valence electrons. The van der Waals surface area contributed by atoms with Crippen LogP contribution in [-0.2, 0) is 0 Å². The molecular weight excluding hydrogens is 336 g/mol. The summed E-state index contributed by atoms with van der Waals surface area (Å²) >= 11 is 9.13. The van der Waals surface area contributed by atoms with Gasteiger partial charge in [0.05, 0.1) is 9.40 Å². The highest BCUT2D eigenvalue weighted by molar-refractivity contribution is 9.10. The summed E-state index contributed by atoms with van der Waals surface area (Å²) in [6.07, 6.45) is 0. The predicted octanol–water partition coefficient (Wildman–Crippen LogP) is 4.39. The quantitative estimate of drug-likeness (QED) is 0.509. The molecule has 2 rings (SSSR count). The number of nitro groups is 1. The third-order valence-electron chi connectivity index (χ3n) is 2.32. The Bertz CT molecular complexity index is 649. The highest BCUT2D eigenvalue weighted by atomic mass is 79.9. The van der Waals surface area contributed by atoms with E-state index in [2.05, 4.69) is 15.9 Å². The van der Waals surface area contributed by atoms with Crippen LogP contribution in [0, 0.1) is 10.1 Å². The van der Waals surface area contributed by atoms with E-state index in [1.165, 1.54) is 18.2 Å². The third-order valence-corrected chi connectivity index (χ3v) is 3.17. The van der Waals surface area contributed by atoms with Crippen molar-refractivity contribution >= 4 is 38.9 Å². The minimum Gasteiger partial charge on any atom is -0.456 e. The summed E-state index contributed by atoms with van der Waals surface area (Å²) in [4.78, 5) is 10.1. The third kappa shape index (κ3) is 3.15. The van der Waals surface area contributed by atoms with Crippen molar-refractivity contribution in [2.75, 3.05) is 5.73 Å². The zero-order valence-electron chi connectivity index (χ0n) is 9.47. The molecule has 7 heteroatoms. The van der Waals surface area contributed by atoms with Crippen molar-refractivity contribution in [3.63, 3.8) is 0 Å². The number of hydrogen-bond acceptors (Lipinski definition) is 4. The first-order valence-electron chi connectivity index (χ1n) is 5.14. The normalized spacial score (nSPS) is 10.2. The number of nitrogens with zero attached hydrogens (tertiary/aromatic N) is 1. The smallest absolute Gasteiger partial charge is 0.292 e. The Morgan fingerprint density at radius 2 is 2.00 bits per heavy atom. The summed E-state index contributed by atoms with van der Waals surface area (Å²) in [5.41, 5.74) is 5.48. The molecule has 0 amide bonds. The topological polar surface area (TPSA) is 78.4 Å². The van der Waals surface area contributed by atoms with Gasteiger partial charge in [0.25, 0.3) is 5.69 Å². The molecule has 0 saturated carbocycles. The number of nitrogen functional groups attached to an aromatic ring is 1. The van der Waals surface area contributed by atoms with Crippen molar-refractivity contribution < 1.29 is 9.66 Å². The van der Waals surface area contributed by atoms with Crippen LogP contribution in [0.15, 0.2) is 40.9 Å². The van der Waals surface area contributed by atoms with E-state index in [-0.39, 0.29) is 11.4 Å². The van der Waals surface area contributed by atoms with Crippen LogP contribution in [0.5, 0.6) is 11.5 Å². The van der Waals surface area contributed by atoms with Gasteiger partial charge < -0.3 is 10.5 Å². The van der Waals surface area contributed by atoms with Crippen LogP contribution in [0.4, 0.5) is 11.4 Å². The van der Waals surface area contributed by atoms with Gasteiger partial charge in [-0.3, -0.25) is 10.1 Å². The number of benzene rings is 2. The molecule has 0 saturated heterocycles. The number of nitrogens with two attached hydrogens (primary N) is 1. The molecule has 0 atom stereocenters. The molecule has 0 spiro atoms. The monoisotopic (exact) mass is 342 g/mol. The second-order valence-corrected chi connectivity index (χ2v) is 4.95. The average Bonchev–Trinajstić information content (AvgIpc) is 2.32. The van der Waals surface area contributed by atoms with Crippen molar-refractivity contribution in [1.82, 2.24) is 0 Å². The van der Waals surface area contributed by atoms with Gasteiger partial charge in [-0.2, -0.15) is 0 Å². The van der Waals surface area contributed by atoms with Crippen molar-refractivity contribution in [3.05, 3.63) is 56.0 Å². The van der Waals surface area contributed by atoms with Gasteiger partial charge in [0, 0.05) is 17.2 Å². The Hall–Kier alpha value is -1.79. The molecule has 0 unspecified atom stereocenters. The van der Waals surface area contributed by atoms with E-state index in [1.807, 2.05) is 0 Å². The van der Waals surface area contributed by atoms with Crippen LogP contribution in [0.1, 0.15) is 0 Å². The van der Waals surface area contributed by atoms with Gasteiger partial charge in [0.15, 0.2) is 0 Å². The number of anilines is 1. The first kappa shape index (κ1) is 13.6. The first-order valence-corrected chi connectivity index (χ1v) is 6.31. The van der Waals surface area contributed by atoms with Crippen molar-refractivity contribution in [1.29, 1.82) is 0 Å². The van der Waals surface area contributed by atoms with E-state index in [9.17, 15) is 10.1 Å². The Morgan fingerprint density at radius 1 is 1.26 bits per heavy atom. The van der Waals surface area contributed by atoms with Crippen LogP contribution < -0.4 is 10.5 Å². The highest BCUT2D eigenvalue weighted by Crippen LogP contribution is 2.34. The molecule has 0 aliphatic rings. The highest BCUT2D eigenvalue weighted by Gasteiger charge is 2.12. The van der Waals surface area contributed by atoms with Crippen LogP contribution in [0.3, 0.4) is 0 Å². The Kier molecular flexibility index (Phi) is 3.92. The maximum Gasteiger partial charge on any atom is 0.292 e. The molecule has 2 aromatic carbocycles. The van der Waals surface area contributed by atoms with E-state index < -0.39 is 4.92 Å². The first-order chi connectivity index (χ1) is 8.97. The second kappa shape index (κ2) is 5.46. The van der Waals surface area contributed by atoms with Gasteiger partial charge in [-0.15, -0.1) is 0 Å². The number of ether oxygens (including phenoxy) is 1. The molecular formula is C12H8BrClN2O3. The summed E-state index contributed by atoms with van der Waals surface area (Å²) in [5, 5.41) is 11.2. The fourth-order valence-electron chi connectivity index (χ4n) is 1.45. The summed E-state index contributed by atoms with van der Waals surface area (Å²) in [5.74, 6) is 0.948. The van der Waals surface area contributed by atoms with Crippen molar-refractivity contribution in [2.45, 2.75) is 0 Å². The summed E-state index contributed by atoms with van der Waals surface area (Å²) < 4.78 is 6.25. The summed E-state index contributed by atoms with van der Waals surface area (Å²) in [7, 11) is 0. The fraction of sp³-hybridized carbons (Fsp3) is 0. The lowest BCUT2D eigenvalue weighted by Crippen LogP contribution is -1.96. The predicted molar refractivity (Wildman–Crippen MR) is 76.7 cm³/mol. The SMILES string of the molecule is Nc1cc(Oc2ccc(Cl)cc2Br)ccc1[N+](=O)[O-]. The molecule has 0 aliphatic carbocycles. The van der Waals surface area contributed by atoms with E-state index in [0.29, 0.717) is 21.0 Å². The molecule has 0 bridgehead atoms. The number of nitro benzene ring substituents is 1. The lowest BCUT2D eigenvalue weighted by Gasteiger charge is -2.08. The van der Waals surface area contributed by atoms with Gasteiger partial charge in [0.2, 0.25) is 0 Å². The lowest BCUT2D eigenvalue weighted by atomic mass is 10.2. The Morgan fingerprint density at radius 3 is 2.58 bits per heavy atom. The van der Waals surface area contributed by atoms with Gasteiger partial charge in [0.1, 0.15) is 17.2 Å². The minimum atomic E-state index is -0.544. The Labute approximate surface area is 122 Å². The van der Waals surface area contributed by atoms with Crippen LogP contribution in [-0.4, -0.2) is 4.92 Å². The zero-order valence-corrected chi connectivity index (χ0v) is 11.8. The molecule has 2 N–H and O–H groups in total. The van der Waals surface area contributed by atoms with Gasteiger partial charge in [-0.05, 0) is 40.2 Å². The number of rotatable bonds is 3. The number of hydrogen-bond donors (Lipinski definition) is 1. The van der Waals surface area contributed by atoms with E-state index in [1.54, 1.807) is 18.2 Å². The lowest BCUT2D eigenvalue weighted by molar-refractivity contribution is -0.383. The summed E-state index contributed by atoms with van der Waals surface area (Å²) in [6, 6.07) is 9.23. The van der Waals surface area contributed by atoms with E-state index in [0.717, 1.165) is 0 Å². The van der Waals surface area contributed by atoms with Crippen molar-refractivity contribution in [3.8, 4) is 11.5 Å². The second-order valence-electron chi connectivity index (χ2n) is 3.65. The molecule has 2 aromatic rings. The van der Waals surface area contributed by atoms with E-state index >= 15 is 0 Å². The summed E-state index contributed by atoms with van der Waals surface area (Å²) in [6.45, 7) is 0. The molecule has 0 radical (unpaired) electrons. The number of halogens is 2. The maximum atomic E-state index is 10.6. The van der Waals surface area contributed by atoms with E-state index in [4.69, 9.17) is 22.1 Å². The fourth-order valence-corrected chi connectivity index (χ4v) is 2.21. The average molecular weight is 344 g/mol. The zero-order chi connectivity index (χ0) is 14.0. The maximum absolute atomic E-state index is 10.6.